The summed E-state index contributed by atoms with van der Waals surface area (Å²) in [5.41, 5.74) is 3.28. The van der Waals surface area contributed by atoms with E-state index in [1.165, 1.54) is 0 Å². The summed E-state index contributed by atoms with van der Waals surface area (Å²) in [6.45, 7) is 4.00. The van der Waals surface area contributed by atoms with Crippen LogP contribution in [-0.2, 0) is 0 Å². The molecule has 2 unspecified atom stereocenters. The lowest BCUT2D eigenvalue weighted by Gasteiger charge is -2.00. The van der Waals surface area contributed by atoms with Gasteiger partial charge in [-0.1, -0.05) is 17.1 Å². The molecule has 0 radical (unpaired) electrons. The van der Waals surface area contributed by atoms with Gasteiger partial charge in [-0.15, -0.1) is 10.2 Å². The summed E-state index contributed by atoms with van der Waals surface area (Å²) in [6, 6.07) is 0. The summed E-state index contributed by atoms with van der Waals surface area (Å²) < 4.78 is 11.6. The Morgan fingerprint density at radius 3 is 2.04 bits per heavy atom. The van der Waals surface area contributed by atoms with Crippen molar-refractivity contribution in [2.45, 2.75) is 26.2 Å². The Balaban J connectivity index is 1.90. The van der Waals surface area contributed by atoms with Crippen LogP contribution < -0.4 is 0 Å². The molecule has 1 fully saturated rings. The van der Waals surface area contributed by atoms with E-state index < -0.39 is 0 Å². The normalized spacial score (nSPS) is 20.4. The monoisotopic (exact) mass is 310 g/mol. The highest BCUT2D eigenvalue weighted by Gasteiger charge is 2.41. The van der Waals surface area contributed by atoms with E-state index in [9.17, 15) is 0 Å². The summed E-state index contributed by atoms with van der Waals surface area (Å²) in [7, 11) is 0. The molecule has 10 heteroatoms. The molecule has 0 spiro atoms. The van der Waals surface area contributed by atoms with E-state index in [0.717, 1.165) is 23.3 Å². The van der Waals surface area contributed by atoms with Gasteiger partial charge in [-0.05, 0) is 40.1 Å². The molecule has 1 aliphatic rings. The zero-order valence-electron chi connectivity index (χ0n) is 12.3. The molecular formula is C13H10N8O2. The molecule has 0 saturated heterocycles. The van der Waals surface area contributed by atoms with Gasteiger partial charge in [0.1, 0.15) is 11.5 Å². The highest BCUT2D eigenvalue weighted by molar-refractivity contribution is 6.00. The third kappa shape index (κ3) is 1.68. The Labute approximate surface area is 128 Å². The van der Waals surface area contributed by atoms with Crippen LogP contribution in [0.15, 0.2) is 8.83 Å². The molecule has 4 aromatic heterocycles. The summed E-state index contributed by atoms with van der Waals surface area (Å²) in [6.07, 6.45) is 1.05. The molecular weight excluding hydrogens is 300 g/mol. The van der Waals surface area contributed by atoms with E-state index in [2.05, 4.69) is 48.2 Å². The third-order valence-electron chi connectivity index (χ3n) is 4.27. The van der Waals surface area contributed by atoms with Crippen LogP contribution in [0, 0.1) is 12.8 Å². The van der Waals surface area contributed by atoms with Crippen LogP contribution in [0.1, 0.15) is 30.8 Å². The van der Waals surface area contributed by atoms with E-state index in [1.54, 1.807) is 0 Å². The summed E-state index contributed by atoms with van der Waals surface area (Å²) in [5, 5.41) is 30.3. The van der Waals surface area contributed by atoms with Gasteiger partial charge in [-0.3, -0.25) is 0 Å². The predicted molar refractivity (Wildman–Crippen MR) is 75.0 cm³/mol. The Morgan fingerprint density at radius 2 is 1.39 bits per heavy atom. The second-order valence-corrected chi connectivity index (χ2v) is 5.76. The molecule has 10 nitrogen and oxygen atoms in total. The minimum Gasteiger partial charge on any atom is -0.440 e. The molecule has 5 rings (SSSR count). The minimum absolute atomic E-state index is 0.313. The number of rotatable bonds is 2. The lowest BCUT2D eigenvalue weighted by atomic mass is 10.0. The van der Waals surface area contributed by atoms with Gasteiger partial charge in [0.15, 0.2) is 11.0 Å². The summed E-state index contributed by atoms with van der Waals surface area (Å²) in [4.78, 5) is 0. The molecule has 1 saturated carbocycles. The second kappa shape index (κ2) is 4.24. The van der Waals surface area contributed by atoms with E-state index in [-0.39, 0.29) is 0 Å². The Kier molecular flexibility index (Phi) is 2.31. The smallest absolute Gasteiger partial charge is 0.269 e. The molecule has 0 aromatic carbocycles. The Bertz CT molecular complexity index is 1050. The minimum atomic E-state index is 0.313. The van der Waals surface area contributed by atoms with Gasteiger partial charge in [0.25, 0.3) is 11.4 Å². The first-order valence-electron chi connectivity index (χ1n) is 7.18. The van der Waals surface area contributed by atoms with Gasteiger partial charge in [0.05, 0.1) is 11.1 Å². The molecule has 23 heavy (non-hydrogen) atoms. The second-order valence-electron chi connectivity index (χ2n) is 5.76. The van der Waals surface area contributed by atoms with E-state index >= 15 is 0 Å². The average Bonchev–Trinajstić information content (AvgIpc) is 3.03. The fourth-order valence-corrected chi connectivity index (χ4v) is 3.00. The average molecular weight is 310 g/mol. The van der Waals surface area contributed by atoms with Crippen molar-refractivity contribution in [2.24, 2.45) is 5.92 Å². The number of aryl methyl sites for hydroxylation is 1. The number of nitrogens with zero attached hydrogens (tertiary/aromatic N) is 8. The molecule has 2 atom stereocenters. The zero-order valence-corrected chi connectivity index (χ0v) is 12.3. The quantitative estimate of drug-likeness (QED) is 0.536. The van der Waals surface area contributed by atoms with Crippen molar-refractivity contribution in [2.75, 3.05) is 0 Å². The fraction of sp³-hybridized carbons (Fsp3) is 0.385. The van der Waals surface area contributed by atoms with Gasteiger partial charge < -0.3 is 8.83 Å². The van der Waals surface area contributed by atoms with Crippen LogP contribution in [-0.4, -0.2) is 41.2 Å². The van der Waals surface area contributed by atoms with Gasteiger partial charge in [-0.25, -0.2) is 0 Å². The Morgan fingerprint density at radius 1 is 0.826 bits per heavy atom. The van der Waals surface area contributed by atoms with Crippen molar-refractivity contribution in [1.29, 1.82) is 0 Å². The number of aromatic nitrogens is 8. The standard InChI is InChI=1S/C13H10N8O2/c1-4-3-6(4)11-8(10-13(23-11)17-21-19-15-10)7-5(2)22-12-9(7)14-18-20-16-12/h4,6H,3H2,1-2H3. The Hall–Kier alpha value is -3.04. The summed E-state index contributed by atoms with van der Waals surface area (Å²) >= 11 is 0. The molecule has 1 aliphatic carbocycles. The molecule has 4 heterocycles. The number of fused-ring (bicyclic) bond motifs is 2. The third-order valence-corrected chi connectivity index (χ3v) is 4.27. The van der Waals surface area contributed by atoms with Crippen molar-refractivity contribution in [3.8, 4) is 11.1 Å². The lowest BCUT2D eigenvalue weighted by Crippen LogP contribution is -1.93. The van der Waals surface area contributed by atoms with Crippen LogP contribution in [0.3, 0.4) is 0 Å². The maximum absolute atomic E-state index is 5.92. The SMILES string of the molecule is Cc1oc2nnnnc2c1-c1c(C2CC2C)oc2nnnnc12. The van der Waals surface area contributed by atoms with Crippen molar-refractivity contribution in [3.05, 3.63) is 11.5 Å². The molecule has 114 valence electrons. The maximum atomic E-state index is 5.92. The molecule has 0 amide bonds. The first kappa shape index (κ1) is 12.5. The van der Waals surface area contributed by atoms with E-state index in [4.69, 9.17) is 8.83 Å². The van der Waals surface area contributed by atoms with Crippen molar-refractivity contribution >= 4 is 22.5 Å². The summed E-state index contributed by atoms with van der Waals surface area (Å²) in [5.74, 6) is 2.31. The highest BCUT2D eigenvalue weighted by atomic mass is 16.4. The van der Waals surface area contributed by atoms with Crippen LogP contribution in [0.4, 0.5) is 0 Å². The first-order valence-corrected chi connectivity index (χ1v) is 7.18. The topological polar surface area (TPSA) is 129 Å². The number of hydrogen-bond donors (Lipinski definition) is 0. The van der Waals surface area contributed by atoms with Crippen molar-refractivity contribution in [1.82, 2.24) is 41.2 Å². The molecule has 4 aromatic rings. The maximum Gasteiger partial charge on any atom is 0.269 e. The molecule has 0 aliphatic heterocycles. The zero-order chi connectivity index (χ0) is 15.6. The van der Waals surface area contributed by atoms with E-state index in [1.807, 2.05) is 6.92 Å². The first-order chi connectivity index (χ1) is 11.2. The van der Waals surface area contributed by atoms with Crippen LogP contribution in [0.2, 0.25) is 0 Å². The predicted octanol–water partition coefficient (Wildman–Crippen LogP) is 1.44. The van der Waals surface area contributed by atoms with Crippen molar-refractivity contribution in [3.63, 3.8) is 0 Å². The largest absolute Gasteiger partial charge is 0.440 e. The van der Waals surface area contributed by atoms with Crippen LogP contribution >= 0.6 is 0 Å². The van der Waals surface area contributed by atoms with Crippen molar-refractivity contribution < 1.29 is 8.83 Å². The number of furan rings is 2. The van der Waals surface area contributed by atoms with Gasteiger partial charge in [0.2, 0.25) is 0 Å². The van der Waals surface area contributed by atoms with E-state index in [0.29, 0.717) is 40.1 Å². The fourth-order valence-electron chi connectivity index (χ4n) is 3.00. The lowest BCUT2D eigenvalue weighted by molar-refractivity contribution is 0.527. The van der Waals surface area contributed by atoms with Crippen LogP contribution in [0.5, 0.6) is 0 Å². The number of hydrogen-bond acceptors (Lipinski definition) is 10. The highest BCUT2D eigenvalue weighted by Crippen LogP contribution is 2.53. The van der Waals surface area contributed by atoms with Gasteiger partial charge >= 0.3 is 0 Å². The van der Waals surface area contributed by atoms with Gasteiger partial charge in [0, 0.05) is 5.92 Å². The molecule has 0 bridgehead atoms. The molecule has 0 N–H and O–H groups in total. The van der Waals surface area contributed by atoms with Crippen LogP contribution in [0.25, 0.3) is 33.6 Å². The van der Waals surface area contributed by atoms with Gasteiger partial charge in [-0.2, -0.15) is 0 Å².